The summed E-state index contributed by atoms with van der Waals surface area (Å²) in [6.07, 6.45) is 0.506. The molecule has 5 heteroatoms. The minimum Gasteiger partial charge on any atom is -0.506 e. The predicted molar refractivity (Wildman–Crippen MR) is 66.1 cm³/mol. The van der Waals surface area contributed by atoms with Crippen molar-refractivity contribution < 1.29 is 14.6 Å². The molecule has 0 spiro atoms. The summed E-state index contributed by atoms with van der Waals surface area (Å²) < 4.78 is 11.0. The van der Waals surface area contributed by atoms with Crippen molar-refractivity contribution in [1.29, 1.82) is 0 Å². The monoisotopic (exact) mass is 257 g/mol. The fourth-order valence-corrected chi connectivity index (χ4v) is 2.04. The normalized spacial score (nSPS) is 14.8. The van der Waals surface area contributed by atoms with E-state index in [1.807, 2.05) is 13.8 Å². The molecular weight excluding hydrogens is 242 g/mol. The Morgan fingerprint density at radius 1 is 1.41 bits per heavy atom. The van der Waals surface area contributed by atoms with E-state index in [9.17, 15) is 5.11 Å². The van der Waals surface area contributed by atoms with E-state index < -0.39 is 5.54 Å². The number of rotatable bonds is 2. The summed E-state index contributed by atoms with van der Waals surface area (Å²) in [5.41, 5.74) is 6.25. The van der Waals surface area contributed by atoms with Crippen molar-refractivity contribution in [1.82, 2.24) is 0 Å². The maximum atomic E-state index is 9.74. The smallest absolute Gasteiger partial charge is 0.166 e. The Balaban J connectivity index is 2.51. The van der Waals surface area contributed by atoms with Crippen molar-refractivity contribution in [3.05, 3.63) is 16.7 Å². The minimum atomic E-state index is -0.438. The molecule has 0 atom stereocenters. The Labute approximate surface area is 105 Å². The molecule has 2 rings (SSSR count). The number of benzene rings is 1. The molecule has 0 bridgehead atoms. The number of hydrogen-bond donors (Lipinski definition) is 2. The lowest BCUT2D eigenvalue weighted by Gasteiger charge is -2.26. The maximum absolute atomic E-state index is 9.74. The van der Waals surface area contributed by atoms with Crippen LogP contribution < -0.4 is 15.2 Å². The summed E-state index contributed by atoms with van der Waals surface area (Å²) >= 11 is 6.10. The van der Waals surface area contributed by atoms with Gasteiger partial charge in [-0.25, -0.2) is 0 Å². The number of aromatic hydroxyl groups is 1. The highest BCUT2D eigenvalue weighted by molar-refractivity contribution is 6.33. The number of hydrogen-bond acceptors (Lipinski definition) is 4. The van der Waals surface area contributed by atoms with Gasteiger partial charge in [-0.3, -0.25) is 0 Å². The molecule has 0 amide bonds. The zero-order chi connectivity index (χ0) is 12.6. The maximum Gasteiger partial charge on any atom is 0.166 e. The van der Waals surface area contributed by atoms with Gasteiger partial charge in [-0.2, -0.15) is 0 Å². The fraction of sp³-hybridized carbons (Fsp3) is 0.500. The van der Waals surface area contributed by atoms with Crippen molar-refractivity contribution in [2.45, 2.75) is 25.8 Å². The van der Waals surface area contributed by atoms with Crippen LogP contribution in [-0.2, 0) is 6.42 Å². The average molecular weight is 258 g/mol. The lowest BCUT2D eigenvalue weighted by Crippen LogP contribution is -2.35. The third kappa shape index (κ3) is 2.58. The summed E-state index contributed by atoms with van der Waals surface area (Å²) in [6.45, 7) is 4.73. The Hall–Kier alpha value is -1.13. The standard InChI is InChI=1S/C12H16ClNO3/c1-12(2,14)6-7-10(13)8(15)5-9-11(7)17-4-3-16-9/h5,15H,3-4,6,14H2,1-2H3. The summed E-state index contributed by atoms with van der Waals surface area (Å²) in [4.78, 5) is 0. The number of phenolic OH excluding ortho intramolecular Hbond substituents is 1. The van der Waals surface area contributed by atoms with Crippen LogP contribution >= 0.6 is 11.6 Å². The number of ether oxygens (including phenoxy) is 2. The third-order valence-electron chi connectivity index (χ3n) is 2.48. The summed E-state index contributed by atoms with van der Waals surface area (Å²) in [7, 11) is 0. The lowest BCUT2D eigenvalue weighted by atomic mass is 9.95. The molecular formula is C12H16ClNO3. The Morgan fingerprint density at radius 3 is 2.71 bits per heavy atom. The number of halogens is 1. The second-order valence-electron chi connectivity index (χ2n) is 4.88. The van der Waals surface area contributed by atoms with Gasteiger partial charge in [0.15, 0.2) is 11.5 Å². The number of phenols is 1. The zero-order valence-corrected chi connectivity index (χ0v) is 10.7. The average Bonchev–Trinajstić information content (AvgIpc) is 2.23. The van der Waals surface area contributed by atoms with Gasteiger partial charge in [0.05, 0.1) is 5.02 Å². The van der Waals surface area contributed by atoms with Crippen LogP contribution in [0.4, 0.5) is 0 Å². The van der Waals surface area contributed by atoms with E-state index in [-0.39, 0.29) is 10.8 Å². The molecule has 1 heterocycles. The SMILES string of the molecule is CC(C)(N)Cc1c(Cl)c(O)cc2c1OCCO2. The van der Waals surface area contributed by atoms with Gasteiger partial charge in [0, 0.05) is 17.2 Å². The van der Waals surface area contributed by atoms with Crippen LogP contribution in [0.3, 0.4) is 0 Å². The van der Waals surface area contributed by atoms with Crippen LogP contribution in [0.2, 0.25) is 5.02 Å². The van der Waals surface area contributed by atoms with Gasteiger partial charge in [-0.15, -0.1) is 0 Å². The van der Waals surface area contributed by atoms with Crippen LogP contribution in [0.15, 0.2) is 6.07 Å². The van der Waals surface area contributed by atoms with Crippen molar-refractivity contribution >= 4 is 11.6 Å². The molecule has 4 nitrogen and oxygen atoms in total. The highest BCUT2D eigenvalue weighted by atomic mass is 35.5. The summed E-state index contributed by atoms with van der Waals surface area (Å²) in [6, 6.07) is 1.48. The van der Waals surface area contributed by atoms with Crippen molar-refractivity contribution in [3.63, 3.8) is 0 Å². The fourth-order valence-electron chi connectivity index (χ4n) is 1.83. The summed E-state index contributed by atoms with van der Waals surface area (Å²) in [5.74, 6) is 1.12. The van der Waals surface area contributed by atoms with Gasteiger partial charge >= 0.3 is 0 Å². The van der Waals surface area contributed by atoms with Crippen LogP contribution in [-0.4, -0.2) is 23.9 Å². The van der Waals surface area contributed by atoms with Crippen LogP contribution in [0.1, 0.15) is 19.4 Å². The molecule has 0 fully saturated rings. The first-order chi connectivity index (χ1) is 7.88. The molecule has 17 heavy (non-hydrogen) atoms. The van der Waals surface area contributed by atoms with Crippen molar-refractivity contribution in [2.75, 3.05) is 13.2 Å². The van der Waals surface area contributed by atoms with Gasteiger partial charge in [-0.1, -0.05) is 11.6 Å². The number of nitrogens with two attached hydrogens (primary N) is 1. The van der Waals surface area contributed by atoms with Crippen LogP contribution in [0.5, 0.6) is 17.2 Å². The zero-order valence-electron chi connectivity index (χ0n) is 9.92. The Morgan fingerprint density at radius 2 is 2.06 bits per heavy atom. The molecule has 94 valence electrons. The third-order valence-corrected chi connectivity index (χ3v) is 2.90. The Kier molecular flexibility index (Phi) is 3.10. The van der Waals surface area contributed by atoms with E-state index in [2.05, 4.69) is 0 Å². The van der Waals surface area contributed by atoms with Gasteiger partial charge in [0.25, 0.3) is 0 Å². The van der Waals surface area contributed by atoms with E-state index >= 15 is 0 Å². The molecule has 0 saturated heterocycles. The molecule has 0 unspecified atom stereocenters. The summed E-state index contributed by atoms with van der Waals surface area (Å²) in [5, 5.41) is 10.0. The van der Waals surface area contributed by atoms with Crippen LogP contribution in [0.25, 0.3) is 0 Å². The molecule has 1 aromatic rings. The van der Waals surface area contributed by atoms with E-state index in [1.165, 1.54) is 6.07 Å². The highest BCUT2D eigenvalue weighted by Gasteiger charge is 2.25. The number of fused-ring (bicyclic) bond motifs is 1. The largest absolute Gasteiger partial charge is 0.506 e. The molecule has 0 aliphatic carbocycles. The highest BCUT2D eigenvalue weighted by Crippen LogP contribution is 2.44. The van der Waals surface area contributed by atoms with E-state index in [0.29, 0.717) is 36.7 Å². The molecule has 1 aliphatic rings. The first-order valence-electron chi connectivity index (χ1n) is 5.47. The first-order valence-corrected chi connectivity index (χ1v) is 5.85. The van der Waals surface area contributed by atoms with E-state index in [1.54, 1.807) is 0 Å². The second kappa shape index (κ2) is 4.27. The predicted octanol–water partition coefficient (Wildman–Crippen LogP) is 2.10. The molecule has 1 aliphatic heterocycles. The van der Waals surface area contributed by atoms with Gasteiger partial charge in [0.2, 0.25) is 0 Å². The van der Waals surface area contributed by atoms with Gasteiger partial charge in [0.1, 0.15) is 19.0 Å². The lowest BCUT2D eigenvalue weighted by molar-refractivity contribution is 0.168. The van der Waals surface area contributed by atoms with Crippen molar-refractivity contribution in [3.8, 4) is 17.2 Å². The minimum absolute atomic E-state index is 0.00448. The second-order valence-corrected chi connectivity index (χ2v) is 5.26. The van der Waals surface area contributed by atoms with E-state index in [0.717, 1.165) is 0 Å². The topological polar surface area (TPSA) is 64.7 Å². The van der Waals surface area contributed by atoms with Crippen molar-refractivity contribution in [2.24, 2.45) is 5.73 Å². The first kappa shape index (κ1) is 12.3. The molecule has 0 radical (unpaired) electrons. The molecule has 3 N–H and O–H groups in total. The van der Waals surface area contributed by atoms with Gasteiger partial charge < -0.3 is 20.3 Å². The molecule has 1 aromatic carbocycles. The quantitative estimate of drug-likeness (QED) is 0.852. The van der Waals surface area contributed by atoms with Gasteiger partial charge in [-0.05, 0) is 20.3 Å². The van der Waals surface area contributed by atoms with E-state index in [4.69, 9.17) is 26.8 Å². The molecule has 0 aromatic heterocycles. The molecule has 0 saturated carbocycles. The van der Waals surface area contributed by atoms with Crippen LogP contribution in [0, 0.1) is 0 Å². The Bertz CT molecular complexity index is 440.